The van der Waals surface area contributed by atoms with Gasteiger partial charge in [0, 0.05) is 5.02 Å². The van der Waals surface area contributed by atoms with Crippen LogP contribution >= 0.6 is 11.6 Å². The zero-order valence-corrected chi connectivity index (χ0v) is 10.9. The Morgan fingerprint density at radius 1 is 1.05 bits per heavy atom. The van der Waals surface area contributed by atoms with Crippen molar-refractivity contribution in [1.82, 2.24) is 0 Å². The molecule has 0 saturated heterocycles. The van der Waals surface area contributed by atoms with E-state index in [4.69, 9.17) is 16.3 Å². The topological polar surface area (TPSA) is 66.8 Å². The van der Waals surface area contributed by atoms with E-state index >= 15 is 0 Å². The Morgan fingerprint density at radius 3 is 2.45 bits per heavy atom. The summed E-state index contributed by atoms with van der Waals surface area (Å²) in [5.74, 6) is -1.04. The van der Waals surface area contributed by atoms with Crippen LogP contribution in [0.25, 0.3) is 6.08 Å². The Hall–Kier alpha value is -2.46. The van der Waals surface area contributed by atoms with Gasteiger partial charge in [0.2, 0.25) is 11.5 Å². The van der Waals surface area contributed by atoms with Crippen LogP contribution in [-0.4, -0.2) is 16.0 Å². The molecule has 0 aromatic heterocycles. The maximum absolute atomic E-state index is 12.1. The quantitative estimate of drug-likeness (QED) is 0.624. The Kier molecular flexibility index (Phi) is 2.88. The molecule has 3 rings (SSSR count). The highest BCUT2D eigenvalue weighted by Crippen LogP contribution is 2.44. The first kappa shape index (κ1) is 12.6. The number of halogens is 1. The number of carbonyl (C=O) groups excluding carboxylic acids is 1. The number of allylic oxidation sites excluding steroid dienone is 1. The van der Waals surface area contributed by atoms with E-state index in [0.717, 1.165) is 5.56 Å². The Balaban J connectivity index is 2.01. The fourth-order valence-corrected chi connectivity index (χ4v) is 2.06. The van der Waals surface area contributed by atoms with E-state index < -0.39 is 5.75 Å². The summed E-state index contributed by atoms with van der Waals surface area (Å²) in [6, 6.07) is 9.54. The van der Waals surface area contributed by atoms with E-state index in [9.17, 15) is 15.0 Å². The fraction of sp³-hybridized carbons (Fsp3) is 0. The van der Waals surface area contributed by atoms with Crippen molar-refractivity contribution >= 4 is 23.5 Å². The van der Waals surface area contributed by atoms with Crippen molar-refractivity contribution in [3.05, 3.63) is 58.3 Å². The summed E-state index contributed by atoms with van der Waals surface area (Å²) in [5, 5.41) is 19.7. The maximum atomic E-state index is 12.1. The second-order valence-electron chi connectivity index (χ2n) is 4.30. The number of benzene rings is 2. The molecule has 0 fully saturated rings. The molecule has 0 aliphatic carbocycles. The monoisotopic (exact) mass is 288 g/mol. The van der Waals surface area contributed by atoms with Gasteiger partial charge in [-0.25, -0.2) is 0 Å². The average Bonchev–Trinajstić information content (AvgIpc) is 2.75. The molecule has 1 heterocycles. The van der Waals surface area contributed by atoms with Crippen LogP contribution in [0.2, 0.25) is 5.02 Å². The van der Waals surface area contributed by atoms with Gasteiger partial charge in [0.1, 0.15) is 0 Å². The van der Waals surface area contributed by atoms with Crippen LogP contribution in [-0.2, 0) is 0 Å². The molecule has 0 amide bonds. The fourth-order valence-electron chi connectivity index (χ4n) is 1.94. The molecule has 1 aliphatic rings. The third-order valence-electron chi connectivity index (χ3n) is 2.96. The van der Waals surface area contributed by atoms with Gasteiger partial charge in [-0.2, -0.15) is 0 Å². The molecular weight excluding hydrogens is 280 g/mol. The first-order valence-electron chi connectivity index (χ1n) is 5.81. The molecular formula is C15H9ClO4. The summed E-state index contributed by atoms with van der Waals surface area (Å²) in [6.07, 6.45) is 1.55. The van der Waals surface area contributed by atoms with Gasteiger partial charge in [-0.15, -0.1) is 0 Å². The number of Topliss-reactive ketones (excluding diaryl/α,β-unsaturated/α-hetero) is 1. The second-order valence-corrected chi connectivity index (χ2v) is 4.74. The lowest BCUT2D eigenvalue weighted by atomic mass is 10.1. The van der Waals surface area contributed by atoms with Gasteiger partial charge in [-0.1, -0.05) is 23.7 Å². The van der Waals surface area contributed by atoms with Gasteiger partial charge in [-0.3, -0.25) is 4.79 Å². The molecule has 0 unspecified atom stereocenters. The number of ether oxygens (including phenoxy) is 1. The number of fused-ring (bicyclic) bond motifs is 1. The van der Waals surface area contributed by atoms with Crippen LogP contribution in [0.4, 0.5) is 0 Å². The number of phenols is 2. The van der Waals surface area contributed by atoms with Gasteiger partial charge in [0.05, 0.1) is 5.56 Å². The number of aromatic hydroxyl groups is 2. The van der Waals surface area contributed by atoms with Gasteiger partial charge in [0.15, 0.2) is 17.3 Å². The highest BCUT2D eigenvalue weighted by Gasteiger charge is 2.31. The van der Waals surface area contributed by atoms with Crippen LogP contribution in [0, 0.1) is 0 Å². The predicted octanol–water partition coefficient (Wildman–Crippen LogP) is 3.37. The lowest BCUT2D eigenvalue weighted by Crippen LogP contribution is -1.97. The number of hydrogen-bond acceptors (Lipinski definition) is 4. The smallest absolute Gasteiger partial charge is 0.232 e. The summed E-state index contributed by atoms with van der Waals surface area (Å²) >= 11 is 5.79. The zero-order valence-electron chi connectivity index (χ0n) is 10.1. The number of carbonyl (C=O) groups is 1. The highest BCUT2D eigenvalue weighted by molar-refractivity contribution is 6.30. The minimum Gasteiger partial charge on any atom is -0.504 e. The number of ketones is 1. The molecule has 0 atom stereocenters. The molecule has 20 heavy (non-hydrogen) atoms. The highest BCUT2D eigenvalue weighted by atomic mass is 35.5. The van der Waals surface area contributed by atoms with Crippen molar-refractivity contribution in [1.29, 1.82) is 0 Å². The number of phenolic OH excluding ortho intramolecular Hbond substituents is 2. The zero-order chi connectivity index (χ0) is 14.3. The molecule has 2 N–H and O–H groups in total. The van der Waals surface area contributed by atoms with Gasteiger partial charge < -0.3 is 14.9 Å². The first-order chi connectivity index (χ1) is 9.56. The molecule has 2 aromatic rings. The average molecular weight is 289 g/mol. The van der Waals surface area contributed by atoms with E-state index in [-0.39, 0.29) is 28.6 Å². The minimum atomic E-state index is -0.435. The van der Waals surface area contributed by atoms with Crippen molar-refractivity contribution in [2.45, 2.75) is 0 Å². The van der Waals surface area contributed by atoms with Crippen LogP contribution in [0.15, 0.2) is 42.2 Å². The largest absolute Gasteiger partial charge is 0.504 e. The van der Waals surface area contributed by atoms with Crippen LogP contribution in [0.5, 0.6) is 17.2 Å². The molecule has 4 nitrogen and oxygen atoms in total. The van der Waals surface area contributed by atoms with Crippen molar-refractivity contribution < 1.29 is 19.7 Å². The lowest BCUT2D eigenvalue weighted by Gasteiger charge is -2.02. The van der Waals surface area contributed by atoms with E-state index in [1.165, 1.54) is 12.1 Å². The Labute approximate surface area is 119 Å². The third-order valence-corrected chi connectivity index (χ3v) is 3.21. The maximum Gasteiger partial charge on any atom is 0.232 e. The minimum absolute atomic E-state index is 0.0183. The second kappa shape index (κ2) is 4.58. The van der Waals surface area contributed by atoms with E-state index in [2.05, 4.69) is 0 Å². The van der Waals surface area contributed by atoms with Crippen LogP contribution in [0.1, 0.15) is 15.9 Å². The van der Waals surface area contributed by atoms with Gasteiger partial charge in [-0.05, 0) is 35.9 Å². The van der Waals surface area contributed by atoms with Crippen molar-refractivity contribution in [2.75, 3.05) is 0 Å². The molecule has 0 saturated carbocycles. The Morgan fingerprint density at radius 2 is 1.75 bits per heavy atom. The molecule has 0 spiro atoms. The summed E-state index contributed by atoms with van der Waals surface area (Å²) < 4.78 is 5.33. The first-order valence-corrected chi connectivity index (χ1v) is 6.19. The summed E-state index contributed by atoms with van der Waals surface area (Å²) in [4.78, 5) is 12.1. The van der Waals surface area contributed by atoms with E-state index in [0.29, 0.717) is 5.02 Å². The number of hydrogen-bond donors (Lipinski definition) is 2. The van der Waals surface area contributed by atoms with Crippen molar-refractivity contribution in [3.63, 3.8) is 0 Å². The molecule has 2 aromatic carbocycles. The molecule has 0 radical (unpaired) electrons. The predicted molar refractivity (Wildman–Crippen MR) is 74.2 cm³/mol. The van der Waals surface area contributed by atoms with Crippen molar-refractivity contribution in [2.24, 2.45) is 0 Å². The summed E-state index contributed by atoms with van der Waals surface area (Å²) in [6.45, 7) is 0. The molecule has 0 bridgehead atoms. The summed E-state index contributed by atoms with van der Waals surface area (Å²) in [5.41, 5.74) is 0.967. The van der Waals surface area contributed by atoms with Gasteiger partial charge >= 0.3 is 0 Å². The molecule has 100 valence electrons. The van der Waals surface area contributed by atoms with Gasteiger partial charge in [0.25, 0.3) is 0 Å². The van der Waals surface area contributed by atoms with Crippen LogP contribution < -0.4 is 4.74 Å². The standard InChI is InChI=1S/C15H9ClO4/c16-9-3-1-8(2-4-9)7-12-13(18)10-5-6-11(17)14(19)15(10)20-12/h1-7,17,19H. The normalized spacial score (nSPS) is 15.2. The number of rotatable bonds is 1. The van der Waals surface area contributed by atoms with E-state index in [1.54, 1.807) is 30.3 Å². The van der Waals surface area contributed by atoms with Crippen molar-refractivity contribution in [3.8, 4) is 17.2 Å². The molecule has 1 aliphatic heterocycles. The van der Waals surface area contributed by atoms with Crippen LogP contribution in [0.3, 0.4) is 0 Å². The Bertz CT molecular complexity index is 732. The van der Waals surface area contributed by atoms with E-state index in [1.807, 2.05) is 0 Å². The SMILES string of the molecule is O=C1C(=Cc2ccc(Cl)cc2)Oc2c1ccc(O)c2O. The molecule has 5 heteroatoms. The lowest BCUT2D eigenvalue weighted by molar-refractivity contribution is 0.101. The summed E-state index contributed by atoms with van der Waals surface area (Å²) in [7, 11) is 0. The third kappa shape index (κ3) is 2.00.